The van der Waals surface area contributed by atoms with Gasteiger partial charge in [-0.15, -0.1) is 11.6 Å². The highest BCUT2D eigenvalue weighted by atomic mass is 35.5. The summed E-state index contributed by atoms with van der Waals surface area (Å²) in [5, 5.41) is 9.19. The number of benzene rings is 2. The van der Waals surface area contributed by atoms with Crippen LogP contribution in [0.2, 0.25) is 0 Å². The fourth-order valence-electron chi connectivity index (χ4n) is 1.99. The maximum absolute atomic E-state index is 9.19. The van der Waals surface area contributed by atoms with Gasteiger partial charge in [0.2, 0.25) is 0 Å². The summed E-state index contributed by atoms with van der Waals surface area (Å²) in [7, 11) is 0. The molecule has 0 saturated carbocycles. The second-order valence-electron chi connectivity index (χ2n) is 5.95. The monoisotopic (exact) mass is 299 g/mol. The van der Waals surface area contributed by atoms with Crippen LogP contribution in [0.25, 0.3) is 0 Å². The SMILES string of the molecule is CC(C)(C)c1ccc(Oc2ccc(CCl)cc2C#N)cc1. The maximum atomic E-state index is 9.19. The quantitative estimate of drug-likeness (QED) is 0.712. The summed E-state index contributed by atoms with van der Waals surface area (Å²) in [5.74, 6) is 1.66. The minimum Gasteiger partial charge on any atom is -0.456 e. The molecule has 0 N–H and O–H groups in total. The lowest BCUT2D eigenvalue weighted by Crippen LogP contribution is -2.10. The van der Waals surface area contributed by atoms with Crippen LogP contribution in [0.15, 0.2) is 42.5 Å². The number of alkyl halides is 1. The van der Waals surface area contributed by atoms with E-state index in [0.29, 0.717) is 17.2 Å². The first-order chi connectivity index (χ1) is 9.94. The van der Waals surface area contributed by atoms with Gasteiger partial charge in [0.25, 0.3) is 0 Å². The Bertz CT molecular complexity index is 663. The number of rotatable bonds is 3. The average molecular weight is 300 g/mol. The predicted octanol–water partition coefficient (Wildman–Crippen LogP) is 5.39. The minimum absolute atomic E-state index is 0.109. The summed E-state index contributed by atoms with van der Waals surface area (Å²) < 4.78 is 5.80. The first kappa shape index (κ1) is 15.4. The smallest absolute Gasteiger partial charge is 0.145 e. The van der Waals surface area contributed by atoms with E-state index in [4.69, 9.17) is 16.3 Å². The van der Waals surface area contributed by atoms with Gasteiger partial charge in [-0.25, -0.2) is 0 Å². The van der Waals surface area contributed by atoms with Crippen LogP contribution >= 0.6 is 11.6 Å². The first-order valence-corrected chi connectivity index (χ1v) is 7.35. The Balaban J connectivity index is 2.25. The fraction of sp³-hybridized carbons (Fsp3) is 0.278. The summed E-state index contributed by atoms with van der Waals surface area (Å²) in [6, 6.07) is 15.5. The van der Waals surface area contributed by atoms with Crippen LogP contribution < -0.4 is 4.74 Å². The molecule has 2 nitrogen and oxygen atoms in total. The van der Waals surface area contributed by atoms with Crippen molar-refractivity contribution in [3.05, 3.63) is 59.2 Å². The second kappa shape index (κ2) is 6.20. The van der Waals surface area contributed by atoms with Crippen LogP contribution in [0, 0.1) is 11.3 Å². The van der Waals surface area contributed by atoms with Crippen molar-refractivity contribution in [2.24, 2.45) is 0 Å². The molecule has 0 aromatic heterocycles. The normalized spacial score (nSPS) is 11.0. The van der Waals surface area contributed by atoms with Crippen molar-refractivity contribution in [2.75, 3.05) is 0 Å². The van der Waals surface area contributed by atoms with Crippen LogP contribution in [0.5, 0.6) is 11.5 Å². The van der Waals surface area contributed by atoms with Crippen LogP contribution in [0.4, 0.5) is 0 Å². The standard InChI is InChI=1S/C18H18ClNO/c1-18(2,3)15-5-7-16(8-6-15)21-17-9-4-13(11-19)10-14(17)12-20/h4-10H,11H2,1-3H3. The zero-order valence-corrected chi connectivity index (χ0v) is 13.2. The van der Waals surface area contributed by atoms with Gasteiger partial charge in [0.1, 0.15) is 17.6 Å². The van der Waals surface area contributed by atoms with Crippen LogP contribution in [-0.2, 0) is 11.3 Å². The highest BCUT2D eigenvalue weighted by molar-refractivity contribution is 6.17. The topological polar surface area (TPSA) is 33.0 Å². The molecule has 0 atom stereocenters. The third-order valence-corrected chi connectivity index (χ3v) is 3.58. The van der Waals surface area contributed by atoms with Crippen molar-refractivity contribution < 1.29 is 4.74 Å². The van der Waals surface area contributed by atoms with Gasteiger partial charge < -0.3 is 4.74 Å². The Kier molecular flexibility index (Phi) is 4.55. The van der Waals surface area contributed by atoms with E-state index in [2.05, 4.69) is 39.0 Å². The molecule has 0 radical (unpaired) electrons. The number of nitrogens with zero attached hydrogens (tertiary/aromatic N) is 1. The van der Waals surface area contributed by atoms with Gasteiger partial charge in [0.15, 0.2) is 0 Å². The molecule has 0 aliphatic rings. The Labute approximate surface area is 130 Å². The van der Waals surface area contributed by atoms with Gasteiger partial charge in [0.05, 0.1) is 5.56 Å². The molecular formula is C18H18ClNO. The summed E-state index contributed by atoms with van der Waals surface area (Å²) in [5.41, 5.74) is 2.75. The third-order valence-electron chi connectivity index (χ3n) is 3.27. The van der Waals surface area contributed by atoms with Crippen molar-refractivity contribution in [1.82, 2.24) is 0 Å². The Morgan fingerprint density at radius 2 is 1.76 bits per heavy atom. The Morgan fingerprint density at radius 1 is 1.10 bits per heavy atom. The van der Waals surface area contributed by atoms with E-state index in [1.54, 1.807) is 12.1 Å². The number of nitriles is 1. The molecule has 2 aromatic carbocycles. The molecule has 2 rings (SSSR count). The predicted molar refractivity (Wildman–Crippen MR) is 85.9 cm³/mol. The minimum atomic E-state index is 0.109. The molecule has 3 heteroatoms. The Hall–Kier alpha value is -1.98. The summed E-state index contributed by atoms with van der Waals surface area (Å²) >= 11 is 5.78. The van der Waals surface area contributed by atoms with E-state index in [9.17, 15) is 5.26 Å². The molecule has 0 unspecified atom stereocenters. The molecule has 0 aliphatic carbocycles. The van der Waals surface area contributed by atoms with Crippen molar-refractivity contribution >= 4 is 11.6 Å². The second-order valence-corrected chi connectivity index (χ2v) is 6.22. The molecule has 0 amide bonds. The highest BCUT2D eigenvalue weighted by Gasteiger charge is 2.13. The average Bonchev–Trinajstić information content (AvgIpc) is 2.47. The van der Waals surface area contributed by atoms with E-state index in [0.717, 1.165) is 11.3 Å². The summed E-state index contributed by atoms with van der Waals surface area (Å²) in [4.78, 5) is 0. The van der Waals surface area contributed by atoms with Gasteiger partial charge in [-0.2, -0.15) is 5.26 Å². The van der Waals surface area contributed by atoms with Crippen LogP contribution in [0.3, 0.4) is 0 Å². The zero-order valence-electron chi connectivity index (χ0n) is 12.5. The molecule has 0 bridgehead atoms. The van der Waals surface area contributed by atoms with Crippen molar-refractivity contribution in [1.29, 1.82) is 5.26 Å². The highest BCUT2D eigenvalue weighted by Crippen LogP contribution is 2.29. The van der Waals surface area contributed by atoms with Crippen LogP contribution in [0.1, 0.15) is 37.5 Å². The molecule has 0 spiro atoms. The number of hydrogen-bond acceptors (Lipinski definition) is 2. The largest absolute Gasteiger partial charge is 0.456 e. The van der Waals surface area contributed by atoms with E-state index in [-0.39, 0.29) is 5.41 Å². The van der Waals surface area contributed by atoms with E-state index >= 15 is 0 Å². The maximum Gasteiger partial charge on any atom is 0.145 e. The van der Waals surface area contributed by atoms with Crippen LogP contribution in [-0.4, -0.2) is 0 Å². The lowest BCUT2D eigenvalue weighted by atomic mass is 9.87. The number of halogens is 1. The number of ether oxygens (including phenoxy) is 1. The van der Waals surface area contributed by atoms with E-state index in [1.807, 2.05) is 18.2 Å². The van der Waals surface area contributed by atoms with Gasteiger partial charge in [-0.3, -0.25) is 0 Å². The lowest BCUT2D eigenvalue weighted by Gasteiger charge is -2.19. The van der Waals surface area contributed by atoms with E-state index < -0.39 is 0 Å². The summed E-state index contributed by atoms with van der Waals surface area (Å²) in [6.45, 7) is 6.50. The Morgan fingerprint density at radius 3 is 2.29 bits per heavy atom. The zero-order chi connectivity index (χ0) is 15.5. The number of hydrogen-bond donors (Lipinski definition) is 0. The van der Waals surface area contributed by atoms with Gasteiger partial charge in [0, 0.05) is 5.88 Å². The fourth-order valence-corrected chi connectivity index (χ4v) is 2.15. The molecule has 0 heterocycles. The third kappa shape index (κ3) is 3.77. The van der Waals surface area contributed by atoms with Gasteiger partial charge in [-0.1, -0.05) is 39.0 Å². The molecule has 0 saturated heterocycles. The van der Waals surface area contributed by atoms with E-state index in [1.165, 1.54) is 5.56 Å². The first-order valence-electron chi connectivity index (χ1n) is 6.81. The van der Waals surface area contributed by atoms with Crippen molar-refractivity contribution in [2.45, 2.75) is 32.1 Å². The lowest BCUT2D eigenvalue weighted by molar-refractivity contribution is 0.479. The summed E-state index contributed by atoms with van der Waals surface area (Å²) in [6.07, 6.45) is 0. The molecule has 0 fully saturated rings. The molecular weight excluding hydrogens is 282 g/mol. The molecule has 0 aliphatic heterocycles. The van der Waals surface area contributed by atoms with Crippen molar-refractivity contribution in [3.8, 4) is 17.6 Å². The van der Waals surface area contributed by atoms with Crippen molar-refractivity contribution in [3.63, 3.8) is 0 Å². The molecule has 108 valence electrons. The van der Waals surface area contributed by atoms with Gasteiger partial charge in [-0.05, 0) is 40.8 Å². The van der Waals surface area contributed by atoms with Gasteiger partial charge >= 0.3 is 0 Å². The molecule has 2 aromatic rings. The molecule has 21 heavy (non-hydrogen) atoms.